The maximum Gasteiger partial charge on any atom is 0.128 e. The Kier molecular flexibility index (Phi) is 8.76. The van der Waals surface area contributed by atoms with Crippen molar-refractivity contribution in [3.8, 4) is 33.6 Å². The van der Waals surface area contributed by atoms with E-state index >= 15 is 0 Å². The molecule has 4 heteroatoms. The second-order valence-electron chi connectivity index (χ2n) is 13.7. The molecule has 0 aliphatic carbocycles. The second-order valence-corrected chi connectivity index (χ2v) is 13.7. The zero-order valence-corrected chi connectivity index (χ0v) is 32.7. The molecule has 3 aromatic heterocycles. The fraction of sp³-hybridized carbons (Fsp3) is 0.137. The Morgan fingerprint density at radius 3 is 2.16 bits per heavy atom. The van der Waals surface area contributed by atoms with Gasteiger partial charge in [0.25, 0.3) is 0 Å². The molecule has 3 heterocycles. The van der Waals surface area contributed by atoms with Crippen LogP contribution in [0.5, 0.6) is 0 Å². The molecule has 273 valence electrons. The van der Waals surface area contributed by atoms with Crippen LogP contribution in [0.1, 0.15) is 52.6 Å². The van der Waals surface area contributed by atoms with Crippen LogP contribution in [-0.2, 0) is 32.9 Å². The summed E-state index contributed by atoms with van der Waals surface area (Å²) in [6, 6.07) is 49.5. The molecular formula is C51H42IrN2O-2. The number of hydrogen-bond donors (Lipinski definition) is 0. The van der Waals surface area contributed by atoms with Gasteiger partial charge in [-0.3, -0.25) is 0 Å². The molecule has 0 aliphatic rings. The molecule has 0 N–H and O–H groups in total. The van der Waals surface area contributed by atoms with Crippen molar-refractivity contribution in [1.82, 2.24) is 9.97 Å². The van der Waals surface area contributed by atoms with Crippen LogP contribution in [0.4, 0.5) is 0 Å². The smallest absolute Gasteiger partial charge is 0.128 e. The maximum atomic E-state index is 8.84. The Morgan fingerprint density at radius 1 is 0.673 bits per heavy atom. The van der Waals surface area contributed by atoms with E-state index in [1.165, 1.54) is 23.9 Å². The first-order valence-corrected chi connectivity index (χ1v) is 18.0. The summed E-state index contributed by atoms with van der Waals surface area (Å²) in [4.78, 5) is 9.03. The molecule has 1 radical (unpaired) electrons. The third-order valence-corrected chi connectivity index (χ3v) is 9.32. The Balaban J connectivity index is 0.000000196. The Morgan fingerprint density at radius 2 is 1.40 bits per heavy atom. The van der Waals surface area contributed by atoms with Gasteiger partial charge in [0.15, 0.2) is 0 Å². The van der Waals surface area contributed by atoms with E-state index in [0.29, 0.717) is 33.9 Å². The molecule has 0 saturated heterocycles. The second kappa shape index (κ2) is 16.8. The topological polar surface area (TPSA) is 38.9 Å². The van der Waals surface area contributed by atoms with Crippen molar-refractivity contribution in [3.63, 3.8) is 0 Å². The molecule has 55 heavy (non-hydrogen) atoms. The minimum absolute atomic E-state index is 0. The number of aromatic nitrogens is 2. The number of rotatable bonds is 7. The molecule has 0 atom stereocenters. The van der Waals surface area contributed by atoms with Crippen LogP contribution in [-0.4, -0.2) is 9.97 Å². The van der Waals surface area contributed by atoms with E-state index in [1.807, 2.05) is 60.8 Å². The molecule has 6 aromatic carbocycles. The van der Waals surface area contributed by atoms with Crippen LogP contribution in [0.2, 0.25) is 0 Å². The largest absolute Gasteiger partial charge is 0.500 e. The predicted molar refractivity (Wildman–Crippen MR) is 225 cm³/mol. The number of pyridine rings is 2. The zero-order valence-electron chi connectivity index (χ0n) is 38.4. The van der Waals surface area contributed by atoms with E-state index in [1.54, 1.807) is 48.5 Å². The van der Waals surface area contributed by atoms with Crippen molar-refractivity contribution in [2.75, 3.05) is 0 Å². The normalized spacial score (nSPS) is 13.9. The van der Waals surface area contributed by atoms with Crippen LogP contribution in [0.15, 0.2) is 156 Å². The molecule has 0 fully saturated rings. The molecular weight excluding hydrogens is 849 g/mol. The Bertz CT molecular complexity index is 3020. The van der Waals surface area contributed by atoms with Gasteiger partial charge in [-0.15, -0.1) is 59.2 Å². The molecule has 0 spiro atoms. The summed E-state index contributed by atoms with van der Waals surface area (Å²) in [5, 5.41) is 3.95. The standard InChI is InChI=1S/C29H20NO.C22H22N.Ir/c1-19-18-30-27(17-23(19)15-20-7-3-2-4-8-20)22-12-14-28-26(16-22)25-13-11-21-9-5-6-10-24(21)29(25)31-28;1-16(2)13-20-14-22(19-11-9-17(3)10-12-19)23-15-21(20)18-7-5-4-6-8-18;/h2-11,13-14,16-18H,15H2,1H3;4-11,14-16H,13H2,1-3H3;/q2*-1;/i1D3,15D2;3D3;. The third-order valence-electron chi connectivity index (χ3n) is 9.32. The van der Waals surface area contributed by atoms with Gasteiger partial charge < -0.3 is 14.4 Å². The fourth-order valence-corrected chi connectivity index (χ4v) is 6.69. The van der Waals surface area contributed by atoms with Crippen LogP contribution in [0.3, 0.4) is 0 Å². The summed E-state index contributed by atoms with van der Waals surface area (Å²) >= 11 is 0. The van der Waals surface area contributed by atoms with Gasteiger partial charge in [-0.05, 0) is 70.2 Å². The number of fused-ring (bicyclic) bond motifs is 5. The molecule has 0 amide bonds. The number of aryl methyl sites for hydroxylation is 2. The van der Waals surface area contributed by atoms with Crippen molar-refractivity contribution in [2.24, 2.45) is 5.92 Å². The first-order chi connectivity index (χ1) is 29.6. The summed E-state index contributed by atoms with van der Waals surface area (Å²) in [5.41, 5.74) is 8.33. The first kappa shape index (κ1) is 28.7. The van der Waals surface area contributed by atoms with E-state index in [4.69, 9.17) is 15.4 Å². The average molecular weight is 899 g/mol. The Labute approximate surface area is 348 Å². The van der Waals surface area contributed by atoms with Gasteiger partial charge in [0.1, 0.15) is 5.58 Å². The summed E-state index contributed by atoms with van der Waals surface area (Å²) in [5.74, 6) is 0.523. The number of hydrogen-bond acceptors (Lipinski definition) is 3. The van der Waals surface area contributed by atoms with Gasteiger partial charge in [0.2, 0.25) is 0 Å². The minimum atomic E-state index is -2.52. The van der Waals surface area contributed by atoms with Gasteiger partial charge in [-0.25, -0.2) is 0 Å². The van der Waals surface area contributed by atoms with Crippen molar-refractivity contribution >= 4 is 32.7 Å². The number of nitrogens with zero attached hydrogens (tertiary/aromatic N) is 2. The molecule has 0 unspecified atom stereocenters. The van der Waals surface area contributed by atoms with Crippen LogP contribution in [0.25, 0.3) is 66.4 Å². The van der Waals surface area contributed by atoms with Gasteiger partial charge in [-0.1, -0.05) is 135 Å². The van der Waals surface area contributed by atoms with Crippen LogP contribution in [0, 0.1) is 31.8 Å². The molecule has 0 aliphatic heterocycles. The molecule has 0 bridgehead atoms. The number of furan rings is 1. The number of benzene rings is 6. The minimum Gasteiger partial charge on any atom is -0.500 e. The molecule has 3 nitrogen and oxygen atoms in total. The third kappa shape index (κ3) is 8.37. The first-order valence-electron chi connectivity index (χ1n) is 22.0. The summed E-state index contributed by atoms with van der Waals surface area (Å²) < 4.78 is 70.2. The van der Waals surface area contributed by atoms with Crippen molar-refractivity contribution < 1.29 is 35.5 Å². The quantitative estimate of drug-likeness (QED) is 0.150. The van der Waals surface area contributed by atoms with Crippen molar-refractivity contribution in [1.29, 1.82) is 0 Å². The van der Waals surface area contributed by atoms with E-state index in [-0.39, 0.29) is 31.2 Å². The SMILES string of the molecule is [2H]C([2H])([2H])c1c[c-]c(-c2cc(CC(C)C)c(-c3ccccc3)cn2)cc1.[2H]C([2H])([2H])c1cnc(-c2[c-]cc3oc4c5ccccc5ccc4c3c2)cc1C([2H])([2H])c1ccccc1.[Ir]. The molecule has 9 aromatic rings. The summed E-state index contributed by atoms with van der Waals surface area (Å²) in [7, 11) is 0. The molecule has 9 rings (SSSR count). The monoisotopic (exact) mass is 899 g/mol. The van der Waals surface area contributed by atoms with E-state index in [9.17, 15) is 0 Å². The zero-order chi connectivity index (χ0) is 43.8. The van der Waals surface area contributed by atoms with Gasteiger partial charge in [0.05, 0.1) is 5.58 Å². The maximum absolute atomic E-state index is 8.84. The van der Waals surface area contributed by atoms with Crippen LogP contribution < -0.4 is 0 Å². The summed E-state index contributed by atoms with van der Waals surface area (Å²) in [6.07, 6.45) is 2.09. The van der Waals surface area contributed by atoms with Crippen LogP contribution >= 0.6 is 0 Å². The van der Waals surface area contributed by atoms with Gasteiger partial charge in [0, 0.05) is 59.8 Å². The van der Waals surface area contributed by atoms with Gasteiger partial charge >= 0.3 is 0 Å². The van der Waals surface area contributed by atoms with E-state index in [2.05, 4.69) is 60.2 Å². The fourth-order valence-electron chi connectivity index (χ4n) is 6.69. The van der Waals surface area contributed by atoms with E-state index in [0.717, 1.165) is 55.9 Å². The van der Waals surface area contributed by atoms with E-state index < -0.39 is 20.1 Å². The Hall–Kier alpha value is -5.67. The summed E-state index contributed by atoms with van der Waals surface area (Å²) in [6.45, 7) is -0.223. The predicted octanol–water partition coefficient (Wildman–Crippen LogP) is 13.2. The van der Waals surface area contributed by atoms with Crippen molar-refractivity contribution in [3.05, 3.63) is 192 Å². The average Bonchev–Trinajstić information content (AvgIpc) is 3.65. The molecule has 0 saturated carbocycles. The van der Waals surface area contributed by atoms with Crippen molar-refractivity contribution in [2.45, 2.75) is 40.3 Å². The van der Waals surface area contributed by atoms with Gasteiger partial charge in [-0.2, -0.15) is 0 Å².